The second kappa shape index (κ2) is 8.27. The van der Waals surface area contributed by atoms with Crippen molar-refractivity contribution >= 4 is 34.8 Å². The zero-order valence-corrected chi connectivity index (χ0v) is 17.7. The van der Waals surface area contributed by atoms with E-state index in [0.717, 1.165) is 6.07 Å². The number of hydrogen-bond acceptors (Lipinski definition) is 4. The molecular weight excluding hydrogens is 447 g/mol. The first-order chi connectivity index (χ1) is 15.2. The summed E-state index contributed by atoms with van der Waals surface area (Å²) in [4.78, 5) is 31.4. The summed E-state index contributed by atoms with van der Waals surface area (Å²) in [6.45, 7) is 2.82. The van der Waals surface area contributed by atoms with E-state index in [1.807, 2.05) is 0 Å². The Balaban J connectivity index is 1.69. The molecule has 0 bridgehead atoms. The van der Waals surface area contributed by atoms with Gasteiger partial charge < -0.3 is 10.2 Å². The molecule has 0 aliphatic carbocycles. The quantitative estimate of drug-likeness (QED) is 0.576. The van der Waals surface area contributed by atoms with Crippen molar-refractivity contribution in [2.24, 2.45) is 0 Å². The number of hydrogen-bond donors (Lipinski definition) is 1. The number of rotatable bonds is 4. The van der Waals surface area contributed by atoms with E-state index >= 15 is 0 Å². The topological polar surface area (TPSA) is 80.1 Å². The summed E-state index contributed by atoms with van der Waals surface area (Å²) in [5.74, 6) is -1.84. The number of amides is 2. The van der Waals surface area contributed by atoms with Gasteiger partial charge in [0.05, 0.1) is 16.9 Å². The molecule has 3 aromatic rings. The molecule has 166 valence electrons. The first-order valence-electron chi connectivity index (χ1n) is 9.57. The van der Waals surface area contributed by atoms with E-state index < -0.39 is 30.2 Å². The minimum atomic E-state index is -2.62. The molecule has 2 amide bonds. The number of aromatic nitrogens is 3. The van der Waals surface area contributed by atoms with Gasteiger partial charge in [0.1, 0.15) is 17.7 Å². The number of nitrogens with one attached hydrogen (secondary N) is 1. The molecule has 0 fully saturated rings. The Kier molecular flexibility index (Phi) is 5.64. The zero-order valence-electron chi connectivity index (χ0n) is 16.9. The van der Waals surface area contributed by atoms with Crippen LogP contribution in [0.1, 0.15) is 30.6 Å². The lowest BCUT2D eigenvalue weighted by atomic mass is 10.1. The smallest absolute Gasteiger partial charge is 0.263 e. The predicted molar refractivity (Wildman–Crippen MR) is 112 cm³/mol. The van der Waals surface area contributed by atoms with Gasteiger partial charge in [-0.2, -0.15) is 4.39 Å². The molecule has 0 spiro atoms. The Morgan fingerprint density at radius 1 is 1.25 bits per heavy atom. The number of carbonyl (C=O) groups is 2. The summed E-state index contributed by atoms with van der Waals surface area (Å²) in [6.07, 6.45) is -2.62. The Bertz CT molecular complexity index is 1210. The summed E-state index contributed by atoms with van der Waals surface area (Å²) in [5.41, 5.74) is 1.46. The van der Waals surface area contributed by atoms with Crippen molar-refractivity contribution in [2.45, 2.75) is 26.3 Å². The summed E-state index contributed by atoms with van der Waals surface area (Å²) in [6, 6.07) is 6.93. The molecule has 0 radical (unpaired) electrons. The monoisotopic (exact) mass is 463 g/mol. The Hall–Kier alpha value is -3.40. The standard InChI is InChI=1S/C21H17ClF3N5O2/c1-10-7-14-18(19(22)26-10)15-8-16(23)28-30(15)11(2)21(32)29(14)9-17(31)27-13-5-3-12(4-6-13)20(24)25/h3-8,11,20H,9H2,1-2H3,(H,27,31)/t11-/m1/s1. The number of carbonyl (C=O) groups excluding carboxylic acids is 2. The second-order valence-electron chi connectivity index (χ2n) is 7.32. The summed E-state index contributed by atoms with van der Waals surface area (Å²) < 4.78 is 40.6. The molecule has 1 aliphatic rings. The van der Waals surface area contributed by atoms with Crippen molar-refractivity contribution < 1.29 is 22.8 Å². The fraction of sp³-hybridized carbons (Fsp3) is 0.238. The van der Waals surface area contributed by atoms with Crippen molar-refractivity contribution in [3.8, 4) is 11.3 Å². The maximum atomic E-state index is 13.9. The van der Waals surface area contributed by atoms with E-state index in [9.17, 15) is 22.8 Å². The molecule has 3 heterocycles. The van der Waals surface area contributed by atoms with E-state index in [0.29, 0.717) is 17.1 Å². The highest BCUT2D eigenvalue weighted by Gasteiger charge is 2.35. The third kappa shape index (κ3) is 3.93. The summed E-state index contributed by atoms with van der Waals surface area (Å²) >= 11 is 6.35. The lowest BCUT2D eigenvalue weighted by molar-refractivity contribution is -0.123. The van der Waals surface area contributed by atoms with E-state index in [2.05, 4.69) is 15.4 Å². The molecule has 2 aromatic heterocycles. The van der Waals surface area contributed by atoms with Gasteiger partial charge in [-0.05, 0) is 32.0 Å². The highest BCUT2D eigenvalue weighted by atomic mass is 35.5. The van der Waals surface area contributed by atoms with Crippen LogP contribution in [0.2, 0.25) is 5.15 Å². The van der Waals surface area contributed by atoms with E-state index in [4.69, 9.17) is 11.6 Å². The maximum absolute atomic E-state index is 13.9. The zero-order chi connectivity index (χ0) is 23.2. The Morgan fingerprint density at radius 2 is 1.94 bits per heavy atom. The number of aryl methyl sites for hydroxylation is 1. The molecule has 0 saturated heterocycles. The molecule has 0 unspecified atom stereocenters. The molecule has 1 aromatic carbocycles. The molecule has 1 atom stereocenters. The third-order valence-corrected chi connectivity index (χ3v) is 5.35. The van der Waals surface area contributed by atoms with Gasteiger partial charge >= 0.3 is 0 Å². The van der Waals surface area contributed by atoms with Gasteiger partial charge in [-0.1, -0.05) is 23.7 Å². The van der Waals surface area contributed by atoms with Gasteiger partial charge in [-0.15, -0.1) is 5.10 Å². The lowest BCUT2D eigenvalue weighted by Crippen LogP contribution is -2.41. The highest BCUT2D eigenvalue weighted by Crippen LogP contribution is 2.41. The van der Waals surface area contributed by atoms with Crippen LogP contribution < -0.4 is 10.2 Å². The van der Waals surface area contributed by atoms with Crippen LogP contribution in [0.15, 0.2) is 36.4 Å². The van der Waals surface area contributed by atoms with E-state index in [-0.39, 0.29) is 28.5 Å². The number of halogens is 4. The molecular formula is C21H17ClF3N5O2. The summed E-state index contributed by atoms with van der Waals surface area (Å²) in [7, 11) is 0. The highest BCUT2D eigenvalue weighted by molar-refractivity contribution is 6.33. The van der Waals surface area contributed by atoms with E-state index in [1.165, 1.54) is 40.8 Å². The fourth-order valence-corrected chi connectivity index (χ4v) is 3.91. The van der Waals surface area contributed by atoms with Crippen molar-refractivity contribution in [3.05, 3.63) is 58.8 Å². The van der Waals surface area contributed by atoms with Crippen molar-refractivity contribution in [1.82, 2.24) is 14.8 Å². The van der Waals surface area contributed by atoms with E-state index in [1.54, 1.807) is 13.0 Å². The number of anilines is 2. The molecule has 1 aliphatic heterocycles. The number of nitrogens with zero attached hydrogens (tertiary/aromatic N) is 4. The van der Waals surface area contributed by atoms with Crippen LogP contribution in [0.3, 0.4) is 0 Å². The molecule has 32 heavy (non-hydrogen) atoms. The minimum Gasteiger partial charge on any atom is -0.325 e. The number of benzene rings is 1. The van der Waals surface area contributed by atoms with Crippen LogP contribution >= 0.6 is 11.6 Å². The van der Waals surface area contributed by atoms with Crippen LogP contribution in [-0.4, -0.2) is 33.1 Å². The van der Waals surface area contributed by atoms with Gasteiger partial charge in [0.2, 0.25) is 11.9 Å². The molecule has 7 nitrogen and oxygen atoms in total. The second-order valence-corrected chi connectivity index (χ2v) is 7.67. The SMILES string of the molecule is Cc1cc2c(c(Cl)n1)-c1cc(F)nn1[C@H](C)C(=O)N2CC(=O)Nc1ccc(C(F)F)cc1. The normalized spacial score (nSPS) is 15.4. The first-order valence-corrected chi connectivity index (χ1v) is 9.95. The van der Waals surface area contributed by atoms with Crippen molar-refractivity contribution in [2.75, 3.05) is 16.8 Å². The van der Waals surface area contributed by atoms with Gasteiger partial charge in [-0.25, -0.2) is 18.4 Å². The maximum Gasteiger partial charge on any atom is 0.263 e. The van der Waals surface area contributed by atoms with Crippen LogP contribution in [0.25, 0.3) is 11.3 Å². The number of fused-ring (bicyclic) bond motifs is 3. The molecule has 0 saturated carbocycles. The van der Waals surface area contributed by atoms with Crippen LogP contribution in [0.5, 0.6) is 0 Å². The van der Waals surface area contributed by atoms with Gasteiger partial charge in [0, 0.05) is 23.0 Å². The van der Waals surface area contributed by atoms with Crippen LogP contribution in [-0.2, 0) is 9.59 Å². The van der Waals surface area contributed by atoms with Crippen molar-refractivity contribution in [3.63, 3.8) is 0 Å². The average molecular weight is 464 g/mol. The van der Waals surface area contributed by atoms with Gasteiger partial charge in [-0.3, -0.25) is 9.59 Å². The first kappa shape index (κ1) is 21.8. The van der Waals surface area contributed by atoms with Crippen molar-refractivity contribution in [1.29, 1.82) is 0 Å². The average Bonchev–Trinajstić information content (AvgIpc) is 3.08. The summed E-state index contributed by atoms with van der Waals surface area (Å²) in [5, 5.41) is 6.39. The Morgan fingerprint density at radius 3 is 2.59 bits per heavy atom. The van der Waals surface area contributed by atoms with Gasteiger partial charge in [0.25, 0.3) is 12.3 Å². The molecule has 4 rings (SSSR count). The number of alkyl halides is 2. The van der Waals surface area contributed by atoms with Crippen LogP contribution in [0, 0.1) is 12.9 Å². The fourth-order valence-electron chi connectivity index (χ4n) is 3.58. The largest absolute Gasteiger partial charge is 0.325 e. The molecule has 11 heteroatoms. The third-order valence-electron chi connectivity index (χ3n) is 5.07. The number of pyridine rings is 1. The molecule has 1 N–H and O–H groups in total. The van der Waals surface area contributed by atoms with Gasteiger partial charge in [0.15, 0.2) is 0 Å². The lowest BCUT2D eigenvalue weighted by Gasteiger charge is -2.24. The predicted octanol–water partition coefficient (Wildman–Crippen LogP) is 4.53. The van der Waals surface area contributed by atoms with Crippen LogP contribution in [0.4, 0.5) is 24.5 Å². The Labute approximate surface area is 185 Å². The minimum absolute atomic E-state index is 0.0380.